The summed E-state index contributed by atoms with van der Waals surface area (Å²) < 4.78 is 5.19. The Labute approximate surface area is 163 Å². The van der Waals surface area contributed by atoms with Gasteiger partial charge < -0.3 is 4.74 Å². The van der Waals surface area contributed by atoms with E-state index in [-0.39, 0.29) is 5.91 Å². The number of carbonyl (C=O) groups is 1. The molecule has 1 aliphatic rings. The zero-order valence-corrected chi connectivity index (χ0v) is 16.6. The van der Waals surface area contributed by atoms with Gasteiger partial charge in [0.25, 0.3) is 0 Å². The Morgan fingerprint density at radius 1 is 1.23 bits per heavy atom. The van der Waals surface area contributed by atoms with Crippen LogP contribution in [0.15, 0.2) is 24.3 Å². The number of halogens is 1. The van der Waals surface area contributed by atoms with Crippen molar-refractivity contribution < 1.29 is 9.53 Å². The van der Waals surface area contributed by atoms with Crippen LogP contribution >= 0.6 is 22.9 Å². The molecule has 2 aromatic rings. The summed E-state index contributed by atoms with van der Waals surface area (Å²) >= 11 is 7.37. The topological polar surface area (TPSA) is 55.3 Å². The SMILES string of the molecule is COCCN(C(=O)CC1CCCCC1)c1nnc(-c2ccc(Cl)cc2)s1. The molecule has 1 saturated carbocycles. The van der Waals surface area contributed by atoms with E-state index in [0.29, 0.717) is 35.6 Å². The number of ether oxygens (including phenoxy) is 1. The standard InChI is InChI=1S/C19H24ClN3O2S/c1-25-12-11-23(17(24)13-14-5-3-2-4-6-14)19-22-21-18(26-19)15-7-9-16(20)10-8-15/h7-10,14H,2-6,11-13H2,1H3. The molecule has 0 spiro atoms. The maximum atomic E-state index is 12.9. The molecule has 26 heavy (non-hydrogen) atoms. The number of hydrogen-bond acceptors (Lipinski definition) is 5. The van der Waals surface area contributed by atoms with Gasteiger partial charge in [-0.25, -0.2) is 0 Å². The first-order chi connectivity index (χ1) is 12.7. The van der Waals surface area contributed by atoms with Gasteiger partial charge in [0.2, 0.25) is 11.0 Å². The van der Waals surface area contributed by atoms with Gasteiger partial charge in [0.1, 0.15) is 5.01 Å². The van der Waals surface area contributed by atoms with Crippen LogP contribution in [0, 0.1) is 5.92 Å². The molecule has 1 fully saturated rings. The number of benzene rings is 1. The fourth-order valence-electron chi connectivity index (χ4n) is 3.29. The summed E-state index contributed by atoms with van der Waals surface area (Å²) in [6, 6.07) is 7.48. The summed E-state index contributed by atoms with van der Waals surface area (Å²) in [4.78, 5) is 14.6. The van der Waals surface area contributed by atoms with Crippen molar-refractivity contribution in [2.45, 2.75) is 38.5 Å². The number of rotatable bonds is 7. The zero-order valence-electron chi connectivity index (χ0n) is 15.0. The van der Waals surface area contributed by atoms with E-state index in [1.165, 1.54) is 30.6 Å². The normalized spacial score (nSPS) is 15.2. The summed E-state index contributed by atoms with van der Waals surface area (Å²) in [5.74, 6) is 0.609. The van der Waals surface area contributed by atoms with Crippen LogP contribution in [0.25, 0.3) is 10.6 Å². The monoisotopic (exact) mass is 393 g/mol. The minimum absolute atomic E-state index is 0.118. The summed E-state index contributed by atoms with van der Waals surface area (Å²) in [7, 11) is 1.64. The van der Waals surface area contributed by atoms with E-state index < -0.39 is 0 Å². The highest BCUT2D eigenvalue weighted by atomic mass is 35.5. The summed E-state index contributed by atoms with van der Waals surface area (Å²) in [5.41, 5.74) is 0.949. The lowest BCUT2D eigenvalue weighted by atomic mass is 9.87. The maximum absolute atomic E-state index is 12.9. The average Bonchev–Trinajstić information content (AvgIpc) is 3.13. The smallest absolute Gasteiger partial charge is 0.229 e. The number of amides is 1. The number of carbonyl (C=O) groups excluding carboxylic acids is 1. The molecular weight excluding hydrogens is 370 g/mol. The molecule has 140 valence electrons. The molecule has 0 unspecified atom stereocenters. The van der Waals surface area contributed by atoms with E-state index in [1.807, 2.05) is 24.3 Å². The highest BCUT2D eigenvalue weighted by Gasteiger charge is 2.24. The highest BCUT2D eigenvalue weighted by Crippen LogP contribution is 2.31. The van der Waals surface area contributed by atoms with E-state index in [1.54, 1.807) is 12.0 Å². The fraction of sp³-hybridized carbons (Fsp3) is 0.526. The largest absolute Gasteiger partial charge is 0.383 e. The van der Waals surface area contributed by atoms with Crippen LogP contribution in [0.2, 0.25) is 5.02 Å². The number of anilines is 1. The van der Waals surface area contributed by atoms with Crippen molar-refractivity contribution in [2.24, 2.45) is 5.92 Å². The van der Waals surface area contributed by atoms with Crippen LogP contribution < -0.4 is 4.90 Å². The van der Waals surface area contributed by atoms with E-state index >= 15 is 0 Å². The van der Waals surface area contributed by atoms with Gasteiger partial charge in [0, 0.05) is 24.1 Å². The molecule has 0 saturated heterocycles. The predicted octanol–water partition coefficient (Wildman–Crippen LogP) is 4.81. The molecule has 7 heteroatoms. The van der Waals surface area contributed by atoms with E-state index in [9.17, 15) is 4.79 Å². The van der Waals surface area contributed by atoms with Gasteiger partial charge in [-0.1, -0.05) is 54.3 Å². The second kappa shape index (κ2) is 9.44. The fourth-order valence-corrected chi connectivity index (χ4v) is 4.31. The molecule has 0 aliphatic heterocycles. The lowest BCUT2D eigenvalue weighted by Crippen LogP contribution is -2.35. The molecule has 0 bridgehead atoms. The first kappa shape index (κ1) is 19.3. The van der Waals surface area contributed by atoms with Crippen molar-refractivity contribution in [1.82, 2.24) is 10.2 Å². The Balaban J connectivity index is 1.74. The van der Waals surface area contributed by atoms with Crippen molar-refractivity contribution in [3.8, 4) is 10.6 Å². The van der Waals surface area contributed by atoms with Crippen molar-refractivity contribution in [2.75, 3.05) is 25.2 Å². The third-order valence-corrected chi connectivity index (χ3v) is 5.99. The minimum atomic E-state index is 0.118. The van der Waals surface area contributed by atoms with Gasteiger partial charge in [-0.2, -0.15) is 0 Å². The Morgan fingerprint density at radius 2 is 1.96 bits per heavy atom. The van der Waals surface area contributed by atoms with Gasteiger partial charge in [-0.3, -0.25) is 9.69 Å². The lowest BCUT2D eigenvalue weighted by molar-refractivity contribution is -0.119. The molecule has 5 nitrogen and oxygen atoms in total. The van der Waals surface area contributed by atoms with E-state index in [0.717, 1.165) is 23.4 Å². The second-order valence-electron chi connectivity index (χ2n) is 6.64. The van der Waals surface area contributed by atoms with Gasteiger partial charge in [-0.15, -0.1) is 10.2 Å². The molecule has 1 amide bonds. The van der Waals surface area contributed by atoms with Gasteiger partial charge in [-0.05, 0) is 30.9 Å². The van der Waals surface area contributed by atoms with E-state index in [4.69, 9.17) is 16.3 Å². The third kappa shape index (κ3) is 5.02. The van der Waals surface area contributed by atoms with Crippen molar-refractivity contribution in [1.29, 1.82) is 0 Å². The zero-order chi connectivity index (χ0) is 18.4. The second-order valence-corrected chi connectivity index (χ2v) is 8.04. The highest BCUT2D eigenvalue weighted by molar-refractivity contribution is 7.18. The quantitative estimate of drug-likeness (QED) is 0.677. The molecule has 3 rings (SSSR count). The van der Waals surface area contributed by atoms with Crippen LogP contribution in [0.4, 0.5) is 5.13 Å². The summed E-state index contributed by atoms with van der Waals surface area (Å²) in [5, 5.41) is 10.6. The van der Waals surface area contributed by atoms with Crippen molar-refractivity contribution >= 4 is 34.0 Å². The molecule has 0 radical (unpaired) electrons. The first-order valence-corrected chi connectivity index (χ1v) is 10.3. The Hall–Kier alpha value is -1.50. The van der Waals surface area contributed by atoms with Crippen LogP contribution in [-0.2, 0) is 9.53 Å². The maximum Gasteiger partial charge on any atom is 0.229 e. The van der Waals surface area contributed by atoms with Crippen LogP contribution in [-0.4, -0.2) is 36.4 Å². The first-order valence-electron chi connectivity index (χ1n) is 9.06. The Kier molecular flexibility index (Phi) is 7.00. The molecule has 1 heterocycles. The predicted molar refractivity (Wildman–Crippen MR) is 106 cm³/mol. The molecular formula is C19H24ClN3O2S. The van der Waals surface area contributed by atoms with E-state index in [2.05, 4.69) is 10.2 Å². The van der Waals surface area contributed by atoms with Crippen molar-refractivity contribution in [3.63, 3.8) is 0 Å². The lowest BCUT2D eigenvalue weighted by Gasteiger charge is -2.25. The molecule has 1 aromatic heterocycles. The molecule has 0 atom stereocenters. The van der Waals surface area contributed by atoms with Gasteiger partial charge in [0.15, 0.2) is 0 Å². The van der Waals surface area contributed by atoms with Crippen LogP contribution in [0.5, 0.6) is 0 Å². The average molecular weight is 394 g/mol. The molecule has 1 aliphatic carbocycles. The Morgan fingerprint density at radius 3 is 2.65 bits per heavy atom. The number of methoxy groups -OCH3 is 1. The minimum Gasteiger partial charge on any atom is -0.383 e. The summed E-state index contributed by atoms with van der Waals surface area (Å²) in [6.45, 7) is 0.976. The van der Waals surface area contributed by atoms with Crippen molar-refractivity contribution in [3.05, 3.63) is 29.3 Å². The molecule has 0 N–H and O–H groups in total. The number of nitrogens with zero attached hydrogens (tertiary/aromatic N) is 3. The Bertz CT molecular complexity index is 714. The third-order valence-electron chi connectivity index (χ3n) is 4.74. The number of hydrogen-bond donors (Lipinski definition) is 0. The van der Waals surface area contributed by atoms with Gasteiger partial charge in [0.05, 0.1) is 13.2 Å². The molecule has 1 aromatic carbocycles. The summed E-state index contributed by atoms with van der Waals surface area (Å²) in [6.07, 6.45) is 6.63. The van der Waals surface area contributed by atoms with Gasteiger partial charge >= 0.3 is 0 Å². The van der Waals surface area contributed by atoms with Crippen LogP contribution in [0.3, 0.4) is 0 Å². The number of aromatic nitrogens is 2. The van der Waals surface area contributed by atoms with Crippen LogP contribution in [0.1, 0.15) is 38.5 Å².